The van der Waals surface area contributed by atoms with Crippen LogP contribution < -0.4 is 4.74 Å². The van der Waals surface area contributed by atoms with Gasteiger partial charge in [-0.05, 0) is 30.2 Å². The molecule has 3 heteroatoms. The Morgan fingerprint density at radius 2 is 2.06 bits per heavy atom. The molecule has 0 amide bonds. The first-order chi connectivity index (χ1) is 7.58. The fourth-order valence-corrected chi connectivity index (χ4v) is 1.70. The lowest BCUT2D eigenvalue weighted by Gasteiger charge is -2.17. The molecule has 0 fully saturated rings. The second kappa shape index (κ2) is 5.87. The number of benzene rings is 1. The minimum absolute atomic E-state index is 0.0725. The average Bonchev–Trinajstić information content (AvgIpc) is 2.28. The van der Waals surface area contributed by atoms with Gasteiger partial charge in [0.15, 0.2) is 0 Å². The second-order valence-corrected chi connectivity index (χ2v) is 4.39. The van der Waals surface area contributed by atoms with Crippen molar-refractivity contribution in [1.82, 2.24) is 4.90 Å². The Morgan fingerprint density at radius 1 is 1.38 bits per heavy atom. The van der Waals surface area contributed by atoms with Crippen LogP contribution in [0.5, 0.6) is 5.75 Å². The van der Waals surface area contributed by atoms with Crippen molar-refractivity contribution in [2.75, 3.05) is 20.9 Å². The second-order valence-electron chi connectivity index (χ2n) is 4.39. The third-order valence-electron chi connectivity index (χ3n) is 2.61. The molecule has 0 saturated heterocycles. The topological polar surface area (TPSA) is 32.7 Å². The predicted octanol–water partition coefficient (Wildman–Crippen LogP) is 2.20. The Balaban J connectivity index is 2.93. The Hall–Kier alpha value is -1.06. The number of rotatable bonds is 5. The molecule has 0 unspecified atom stereocenters. The van der Waals surface area contributed by atoms with Gasteiger partial charge in [0.2, 0.25) is 0 Å². The van der Waals surface area contributed by atoms with Crippen LogP contribution in [0.15, 0.2) is 18.2 Å². The van der Waals surface area contributed by atoms with Gasteiger partial charge >= 0.3 is 0 Å². The zero-order chi connectivity index (χ0) is 12.1. The summed E-state index contributed by atoms with van der Waals surface area (Å²) in [7, 11) is 3.58. The van der Waals surface area contributed by atoms with E-state index in [-0.39, 0.29) is 6.73 Å². The molecule has 0 bridgehead atoms. The molecule has 0 aliphatic heterocycles. The molecule has 1 aromatic rings. The first-order valence-electron chi connectivity index (χ1n) is 5.54. The zero-order valence-electron chi connectivity index (χ0n) is 10.5. The summed E-state index contributed by atoms with van der Waals surface area (Å²) in [6.45, 7) is 5.12. The molecule has 3 nitrogen and oxygen atoms in total. The Morgan fingerprint density at radius 3 is 2.56 bits per heavy atom. The lowest BCUT2D eigenvalue weighted by Crippen LogP contribution is -2.18. The van der Waals surface area contributed by atoms with E-state index in [1.807, 2.05) is 24.1 Å². The van der Waals surface area contributed by atoms with Gasteiger partial charge in [-0.15, -0.1) is 0 Å². The lowest BCUT2D eigenvalue weighted by atomic mass is 9.99. The van der Waals surface area contributed by atoms with Crippen molar-refractivity contribution in [2.45, 2.75) is 26.3 Å². The molecule has 0 aliphatic carbocycles. The Labute approximate surface area is 97.7 Å². The number of methoxy groups -OCH3 is 1. The van der Waals surface area contributed by atoms with Gasteiger partial charge in [0.25, 0.3) is 0 Å². The number of hydrogen-bond donors (Lipinski definition) is 1. The third-order valence-corrected chi connectivity index (χ3v) is 2.61. The van der Waals surface area contributed by atoms with E-state index < -0.39 is 0 Å². The molecule has 0 atom stereocenters. The normalized spacial score (nSPS) is 11.2. The van der Waals surface area contributed by atoms with Crippen molar-refractivity contribution in [2.24, 2.45) is 0 Å². The van der Waals surface area contributed by atoms with Gasteiger partial charge in [-0.2, -0.15) is 0 Å². The molecule has 0 aromatic heterocycles. The van der Waals surface area contributed by atoms with Crippen molar-refractivity contribution >= 4 is 0 Å². The van der Waals surface area contributed by atoms with Crippen molar-refractivity contribution in [3.05, 3.63) is 29.3 Å². The van der Waals surface area contributed by atoms with Crippen LogP contribution in [0.4, 0.5) is 0 Å². The number of nitrogens with zero attached hydrogens (tertiary/aromatic N) is 1. The summed E-state index contributed by atoms with van der Waals surface area (Å²) < 4.78 is 5.33. The maximum absolute atomic E-state index is 8.98. The molecule has 0 saturated carbocycles. The first-order valence-corrected chi connectivity index (χ1v) is 5.54. The molecule has 1 rings (SSSR count). The highest BCUT2D eigenvalue weighted by atomic mass is 16.5. The van der Waals surface area contributed by atoms with Crippen LogP contribution >= 0.6 is 0 Å². The molecule has 0 heterocycles. The minimum Gasteiger partial charge on any atom is -0.496 e. The molecule has 0 radical (unpaired) electrons. The third kappa shape index (κ3) is 3.22. The Kier molecular flexibility index (Phi) is 4.77. The van der Waals surface area contributed by atoms with E-state index in [0.717, 1.165) is 12.3 Å². The predicted molar refractivity (Wildman–Crippen MR) is 65.6 cm³/mol. The monoisotopic (exact) mass is 223 g/mol. The van der Waals surface area contributed by atoms with Crippen LogP contribution in [0.2, 0.25) is 0 Å². The fourth-order valence-electron chi connectivity index (χ4n) is 1.70. The smallest absolute Gasteiger partial charge is 0.122 e. The van der Waals surface area contributed by atoms with Crippen molar-refractivity contribution in [3.63, 3.8) is 0 Å². The van der Waals surface area contributed by atoms with Crippen molar-refractivity contribution < 1.29 is 9.84 Å². The molecule has 90 valence electrons. The van der Waals surface area contributed by atoms with Gasteiger partial charge in [0.05, 0.1) is 13.8 Å². The van der Waals surface area contributed by atoms with Gasteiger partial charge in [-0.1, -0.05) is 26.0 Å². The van der Waals surface area contributed by atoms with E-state index in [4.69, 9.17) is 9.84 Å². The van der Waals surface area contributed by atoms with Crippen LogP contribution in [-0.4, -0.2) is 30.9 Å². The summed E-state index contributed by atoms with van der Waals surface area (Å²) in [6, 6.07) is 6.18. The summed E-state index contributed by atoms with van der Waals surface area (Å²) in [4.78, 5) is 1.85. The maximum Gasteiger partial charge on any atom is 0.122 e. The van der Waals surface area contributed by atoms with Gasteiger partial charge in [-0.25, -0.2) is 0 Å². The van der Waals surface area contributed by atoms with Gasteiger partial charge in [-0.3, -0.25) is 4.90 Å². The lowest BCUT2D eigenvalue weighted by molar-refractivity contribution is 0.127. The maximum atomic E-state index is 8.98. The molecule has 1 aromatic carbocycles. The molecule has 0 spiro atoms. The molecule has 0 aliphatic rings. The van der Waals surface area contributed by atoms with E-state index >= 15 is 0 Å². The molecular formula is C13H21NO2. The number of ether oxygens (including phenoxy) is 1. The highest BCUT2D eigenvalue weighted by molar-refractivity contribution is 5.39. The van der Waals surface area contributed by atoms with Crippen LogP contribution in [0.1, 0.15) is 30.9 Å². The first kappa shape index (κ1) is 13.0. The van der Waals surface area contributed by atoms with E-state index in [1.54, 1.807) is 7.11 Å². The van der Waals surface area contributed by atoms with Crippen LogP contribution in [0.25, 0.3) is 0 Å². The highest BCUT2D eigenvalue weighted by Crippen LogP contribution is 2.27. The van der Waals surface area contributed by atoms with Crippen molar-refractivity contribution in [1.29, 1.82) is 0 Å². The average molecular weight is 223 g/mol. The van der Waals surface area contributed by atoms with E-state index in [9.17, 15) is 0 Å². The van der Waals surface area contributed by atoms with Gasteiger partial charge in [0, 0.05) is 6.54 Å². The summed E-state index contributed by atoms with van der Waals surface area (Å²) in [5.74, 6) is 1.37. The Bertz CT molecular complexity index is 337. The number of aliphatic hydroxyl groups is 1. The standard InChI is InChI=1S/C13H21NO2/c1-10(2)12-7-11(8-14(3)9-15)5-6-13(12)16-4/h5-7,10,15H,8-9H2,1-4H3. The summed E-state index contributed by atoms with van der Waals surface area (Å²) in [5, 5.41) is 8.98. The molecule has 16 heavy (non-hydrogen) atoms. The van der Waals surface area contributed by atoms with E-state index in [2.05, 4.69) is 19.9 Å². The van der Waals surface area contributed by atoms with Crippen LogP contribution in [0, 0.1) is 0 Å². The zero-order valence-corrected chi connectivity index (χ0v) is 10.5. The number of aliphatic hydroxyl groups excluding tert-OH is 1. The van der Waals surface area contributed by atoms with Gasteiger partial charge < -0.3 is 9.84 Å². The number of hydrogen-bond acceptors (Lipinski definition) is 3. The van der Waals surface area contributed by atoms with E-state index in [1.165, 1.54) is 11.1 Å². The molecular weight excluding hydrogens is 202 g/mol. The fraction of sp³-hybridized carbons (Fsp3) is 0.538. The summed E-state index contributed by atoms with van der Waals surface area (Å²) >= 11 is 0. The largest absolute Gasteiger partial charge is 0.496 e. The molecule has 1 N–H and O–H groups in total. The van der Waals surface area contributed by atoms with E-state index in [0.29, 0.717) is 5.92 Å². The summed E-state index contributed by atoms with van der Waals surface area (Å²) in [6.07, 6.45) is 0. The minimum atomic E-state index is 0.0725. The highest BCUT2D eigenvalue weighted by Gasteiger charge is 2.09. The van der Waals surface area contributed by atoms with Gasteiger partial charge in [0.1, 0.15) is 5.75 Å². The SMILES string of the molecule is COc1ccc(CN(C)CO)cc1C(C)C. The summed E-state index contributed by atoms with van der Waals surface area (Å²) in [5.41, 5.74) is 2.41. The quantitative estimate of drug-likeness (QED) is 0.777. The van der Waals surface area contributed by atoms with Crippen molar-refractivity contribution in [3.8, 4) is 5.75 Å². The van der Waals surface area contributed by atoms with Crippen LogP contribution in [-0.2, 0) is 6.54 Å². The van der Waals surface area contributed by atoms with Crippen LogP contribution in [0.3, 0.4) is 0 Å².